The van der Waals surface area contributed by atoms with E-state index in [2.05, 4.69) is 15.8 Å². The summed E-state index contributed by atoms with van der Waals surface area (Å²) in [5, 5.41) is 9.05. The molecule has 24 heavy (non-hydrogen) atoms. The quantitative estimate of drug-likeness (QED) is 0.871. The van der Waals surface area contributed by atoms with Gasteiger partial charge in [0.1, 0.15) is 12.3 Å². The van der Waals surface area contributed by atoms with E-state index in [1.807, 2.05) is 0 Å². The lowest BCUT2D eigenvalue weighted by molar-refractivity contribution is -0.120. The van der Waals surface area contributed by atoms with E-state index in [1.165, 1.54) is 18.7 Å². The van der Waals surface area contributed by atoms with E-state index in [4.69, 9.17) is 4.52 Å². The van der Waals surface area contributed by atoms with Crippen molar-refractivity contribution in [2.24, 2.45) is 0 Å². The van der Waals surface area contributed by atoms with Gasteiger partial charge in [0.2, 0.25) is 17.7 Å². The molecule has 1 aromatic carbocycles. The van der Waals surface area contributed by atoms with Gasteiger partial charge in [0.05, 0.1) is 0 Å². The Kier molecular flexibility index (Phi) is 5.31. The van der Waals surface area contributed by atoms with Crippen molar-refractivity contribution in [1.29, 1.82) is 0 Å². The molecule has 1 aromatic heterocycles. The Bertz CT molecular complexity index is 769. The molecule has 0 spiro atoms. The molecule has 0 unspecified atom stereocenters. The highest BCUT2D eigenvalue weighted by molar-refractivity contribution is 6.01. The summed E-state index contributed by atoms with van der Waals surface area (Å²) < 4.78 is 4.93. The second kappa shape index (κ2) is 7.40. The summed E-state index contributed by atoms with van der Waals surface area (Å²) in [6.45, 7) is 4.23. The van der Waals surface area contributed by atoms with Gasteiger partial charge in [-0.05, 0) is 25.1 Å². The third-order valence-corrected chi connectivity index (χ3v) is 3.04. The number of rotatable bonds is 5. The summed E-state index contributed by atoms with van der Waals surface area (Å²) in [5.74, 6) is -0.110. The largest absolute Gasteiger partial charge is 0.360 e. The van der Waals surface area contributed by atoms with Gasteiger partial charge in [-0.15, -0.1) is 0 Å². The van der Waals surface area contributed by atoms with Gasteiger partial charge in [-0.1, -0.05) is 11.2 Å². The highest BCUT2D eigenvalue weighted by Gasteiger charge is 2.19. The van der Waals surface area contributed by atoms with Crippen LogP contribution in [0.1, 0.15) is 19.6 Å². The lowest BCUT2D eigenvalue weighted by Crippen LogP contribution is -2.36. The molecule has 0 fully saturated rings. The van der Waals surface area contributed by atoms with Crippen LogP contribution in [-0.4, -0.2) is 29.4 Å². The van der Waals surface area contributed by atoms with Crippen molar-refractivity contribution in [1.82, 2.24) is 5.16 Å². The van der Waals surface area contributed by atoms with Crippen LogP contribution in [0, 0.1) is 6.92 Å². The number of nitrogens with zero attached hydrogens (tertiary/aromatic N) is 2. The number of amides is 3. The molecular weight excluding hydrogens is 312 g/mol. The molecule has 8 heteroatoms. The van der Waals surface area contributed by atoms with E-state index in [9.17, 15) is 14.4 Å². The second-order valence-corrected chi connectivity index (χ2v) is 5.21. The van der Waals surface area contributed by atoms with Crippen molar-refractivity contribution in [3.05, 3.63) is 36.1 Å². The maximum Gasteiger partial charge on any atom is 0.244 e. The monoisotopic (exact) mass is 330 g/mol. The number of aryl methyl sites for hydroxylation is 1. The van der Waals surface area contributed by atoms with Crippen molar-refractivity contribution in [3.8, 4) is 0 Å². The standard InChI is InChI=1S/C16H18N4O4/c1-10-7-15(19-24-10)20(12(3)22)9-16(23)18-14-6-4-5-13(8-14)17-11(2)21/h4-8H,9H2,1-3H3,(H,17,21)(H,18,23). The molecule has 0 aliphatic carbocycles. The Labute approximate surface area is 138 Å². The predicted octanol–water partition coefficient (Wildman–Crippen LogP) is 1.93. The summed E-state index contributed by atoms with van der Waals surface area (Å²) in [5.41, 5.74) is 1.07. The first-order valence-corrected chi connectivity index (χ1v) is 7.24. The third kappa shape index (κ3) is 4.67. The highest BCUT2D eigenvalue weighted by Crippen LogP contribution is 2.17. The smallest absolute Gasteiger partial charge is 0.244 e. The fourth-order valence-corrected chi connectivity index (χ4v) is 2.06. The van der Waals surface area contributed by atoms with Crippen molar-refractivity contribution in [2.45, 2.75) is 20.8 Å². The molecule has 1 heterocycles. The van der Waals surface area contributed by atoms with Crippen molar-refractivity contribution < 1.29 is 18.9 Å². The van der Waals surface area contributed by atoms with Gasteiger partial charge in [0, 0.05) is 31.3 Å². The van der Waals surface area contributed by atoms with E-state index in [0.29, 0.717) is 17.1 Å². The van der Waals surface area contributed by atoms with Crippen molar-refractivity contribution in [3.63, 3.8) is 0 Å². The molecule has 2 rings (SSSR count). The van der Waals surface area contributed by atoms with E-state index in [-0.39, 0.29) is 24.2 Å². The predicted molar refractivity (Wildman–Crippen MR) is 88.6 cm³/mol. The Morgan fingerprint density at radius 1 is 1.12 bits per heavy atom. The minimum atomic E-state index is -0.397. The van der Waals surface area contributed by atoms with Gasteiger partial charge in [0.25, 0.3) is 0 Å². The SMILES string of the molecule is CC(=O)Nc1cccc(NC(=O)CN(C(C)=O)c2cc(C)on2)c1. The second-order valence-electron chi connectivity index (χ2n) is 5.21. The van der Waals surface area contributed by atoms with E-state index in [0.717, 1.165) is 0 Å². The highest BCUT2D eigenvalue weighted by atomic mass is 16.5. The summed E-state index contributed by atoms with van der Waals surface area (Å²) in [4.78, 5) is 36.2. The lowest BCUT2D eigenvalue weighted by Gasteiger charge is -2.17. The van der Waals surface area contributed by atoms with E-state index >= 15 is 0 Å². The number of hydrogen-bond donors (Lipinski definition) is 2. The Morgan fingerprint density at radius 3 is 2.33 bits per heavy atom. The molecule has 126 valence electrons. The molecule has 3 amide bonds. The zero-order valence-corrected chi connectivity index (χ0v) is 13.6. The van der Waals surface area contributed by atoms with Gasteiger partial charge >= 0.3 is 0 Å². The molecule has 2 aromatic rings. The van der Waals surface area contributed by atoms with Crippen LogP contribution in [0.4, 0.5) is 17.2 Å². The fraction of sp³-hybridized carbons (Fsp3) is 0.250. The van der Waals surface area contributed by atoms with Gasteiger partial charge in [-0.3, -0.25) is 19.3 Å². The van der Waals surface area contributed by atoms with Gasteiger partial charge in [-0.25, -0.2) is 0 Å². The molecular formula is C16H18N4O4. The molecule has 8 nitrogen and oxygen atoms in total. The Hall–Kier alpha value is -3.16. The molecule has 0 atom stereocenters. The number of benzene rings is 1. The molecule has 0 bridgehead atoms. The first-order chi connectivity index (χ1) is 11.3. The fourth-order valence-electron chi connectivity index (χ4n) is 2.06. The molecule has 2 N–H and O–H groups in total. The first-order valence-electron chi connectivity index (χ1n) is 7.24. The van der Waals surface area contributed by atoms with Crippen LogP contribution in [0.5, 0.6) is 0 Å². The van der Waals surface area contributed by atoms with Crippen LogP contribution in [0.3, 0.4) is 0 Å². The van der Waals surface area contributed by atoms with Gasteiger partial charge in [0.15, 0.2) is 5.82 Å². The summed E-state index contributed by atoms with van der Waals surface area (Å²) in [6.07, 6.45) is 0. The van der Waals surface area contributed by atoms with Crippen LogP contribution in [0.15, 0.2) is 34.9 Å². The molecule has 0 radical (unpaired) electrons. The maximum atomic E-state index is 12.2. The van der Waals surface area contributed by atoms with E-state index in [1.54, 1.807) is 37.3 Å². The summed E-state index contributed by atoms with van der Waals surface area (Å²) in [7, 11) is 0. The normalized spacial score (nSPS) is 10.1. The average molecular weight is 330 g/mol. The zero-order valence-electron chi connectivity index (χ0n) is 13.6. The number of carbonyl (C=O) groups excluding carboxylic acids is 3. The number of anilines is 3. The number of hydrogen-bond acceptors (Lipinski definition) is 5. The Morgan fingerprint density at radius 2 is 1.79 bits per heavy atom. The van der Waals surface area contributed by atoms with Crippen LogP contribution in [0.25, 0.3) is 0 Å². The maximum absolute atomic E-state index is 12.2. The van der Waals surface area contributed by atoms with Crippen molar-refractivity contribution >= 4 is 34.9 Å². The van der Waals surface area contributed by atoms with Gasteiger partial charge in [-0.2, -0.15) is 0 Å². The summed E-state index contributed by atoms with van der Waals surface area (Å²) in [6, 6.07) is 8.28. The van der Waals surface area contributed by atoms with Crippen LogP contribution >= 0.6 is 0 Å². The molecule has 0 aliphatic heterocycles. The van der Waals surface area contributed by atoms with E-state index < -0.39 is 5.91 Å². The number of carbonyl (C=O) groups is 3. The number of aromatic nitrogens is 1. The summed E-state index contributed by atoms with van der Waals surface area (Å²) >= 11 is 0. The molecule has 0 saturated carbocycles. The van der Waals surface area contributed by atoms with Crippen LogP contribution < -0.4 is 15.5 Å². The number of nitrogens with one attached hydrogen (secondary N) is 2. The van der Waals surface area contributed by atoms with Crippen molar-refractivity contribution in [2.75, 3.05) is 22.1 Å². The minimum Gasteiger partial charge on any atom is -0.360 e. The van der Waals surface area contributed by atoms with Crippen LogP contribution in [0.2, 0.25) is 0 Å². The third-order valence-electron chi connectivity index (χ3n) is 3.04. The zero-order chi connectivity index (χ0) is 17.7. The topological polar surface area (TPSA) is 105 Å². The Balaban J connectivity index is 2.06. The molecule has 0 aliphatic rings. The first kappa shape index (κ1) is 17.2. The average Bonchev–Trinajstić information content (AvgIpc) is 2.90. The minimum absolute atomic E-state index is 0.203. The lowest BCUT2D eigenvalue weighted by atomic mass is 10.2. The van der Waals surface area contributed by atoms with Crippen LogP contribution in [-0.2, 0) is 14.4 Å². The van der Waals surface area contributed by atoms with Gasteiger partial charge < -0.3 is 15.2 Å². The molecule has 0 saturated heterocycles.